The van der Waals surface area contributed by atoms with Gasteiger partial charge in [-0.3, -0.25) is 14.7 Å². The molecular weight excluding hydrogens is 352 g/mol. The molecule has 0 fully saturated rings. The molecule has 3 aromatic heterocycles. The number of ether oxygens (including phenoxy) is 1. The molecule has 0 radical (unpaired) electrons. The number of rotatable bonds is 6. The monoisotopic (exact) mass is 364 g/mol. The molecule has 11 heteroatoms. The fourth-order valence-electron chi connectivity index (χ4n) is 1.73. The van der Waals surface area contributed by atoms with E-state index >= 15 is 0 Å². The average Bonchev–Trinajstić information content (AvgIpc) is 3.02. The third kappa shape index (κ3) is 3.92. The van der Waals surface area contributed by atoms with Gasteiger partial charge >= 0.3 is 5.97 Å². The van der Waals surface area contributed by atoms with Crippen LogP contribution in [-0.2, 0) is 15.3 Å². The standard InChI is InChI=1S/C13H12N6O3S2/c1-22-10(21)7-24-13-17-11-16-8(5-9(20)19(11)18-13)6-23-12-14-3-2-4-15-12/h2-5H,6-7H2,1H3,(H,16,17,18). The molecular formula is C13H12N6O3S2. The summed E-state index contributed by atoms with van der Waals surface area (Å²) in [6.07, 6.45) is 3.30. The Kier molecular flexibility index (Phi) is 5.11. The van der Waals surface area contributed by atoms with Gasteiger partial charge in [0.05, 0.1) is 18.6 Å². The van der Waals surface area contributed by atoms with Gasteiger partial charge in [0.1, 0.15) is 0 Å². The van der Waals surface area contributed by atoms with Crippen molar-refractivity contribution in [2.24, 2.45) is 0 Å². The maximum absolute atomic E-state index is 12.1. The average molecular weight is 364 g/mol. The van der Waals surface area contributed by atoms with Crippen LogP contribution in [0.4, 0.5) is 0 Å². The van der Waals surface area contributed by atoms with Crippen LogP contribution in [0.3, 0.4) is 0 Å². The Hall–Kier alpha value is -2.40. The van der Waals surface area contributed by atoms with E-state index < -0.39 is 0 Å². The predicted octanol–water partition coefficient (Wildman–Crippen LogP) is 0.765. The van der Waals surface area contributed by atoms with E-state index in [0.29, 0.717) is 21.8 Å². The molecule has 3 heterocycles. The third-order valence-electron chi connectivity index (χ3n) is 2.81. The van der Waals surface area contributed by atoms with E-state index in [0.717, 1.165) is 11.8 Å². The van der Waals surface area contributed by atoms with Crippen molar-refractivity contribution < 1.29 is 9.53 Å². The summed E-state index contributed by atoms with van der Waals surface area (Å²) in [5.74, 6) is 0.423. The van der Waals surface area contributed by atoms with Gasteiger partial charge in [-0.15, -0.1) is 0 Å². The van der Waals surface area contributed by atoms with Crippen LogP contribution >= 0.6 is 23.5 Å². The first-order valence-electron chi connectivity index (χ1n) is 6.74. The molecule has 0 amide bonds. The van der Waals surface area contributed by atoms with Crippen LogP contribution in [0, 0.1) is 0 Å². The van der Waals surface area contributed by atoms with Gasteiger partial charge in [-0.05, 0) is 6.07 Å². The number of hydrogen-bond donors (Lipinski definition) is 1. The lowest BCUT2D eigenvalue weighted by Gasteiger charge is -1.99. The van der Waals surface area contributed by atoms with Gasteiger partial charge in [0.15, 0.2) is 10.3 Å². The number of hydrogen-bond acceptors (Lipinski definition) is 9. The number of H-pyrrole nitrogens is 1. The van der Waals surface area contributed by atoms with E-state index in [4.69, 9.17) is 0 Å². The molecule has 24 heavy (non-hydrogen) atoms. The highest BCUT2D eigenvalue weighted by Gasteiger charge is 2.11. The molecule has 3 rings (SSSR count). The van der Waals surface area contributed by atoms with Gasteiger partial charge < -0.3 is 4.74 Å². The molecule has 1 N–H and O–H groups in total. The number of aromatic nitrogens is 6. The molecule has 0 aromatic carbocycles. The molecule has 0 aliphatic carbocycles. The molecule has 124 valence electrons. The molecule has 0 atom stereocenters. The first kappa shape index (κ1) is 16.5. The minimum atomic E-state index is -0.374. The van der Waals surface area contributed by atoms with Crippen molar-refractivity contribution in [3.8, 4) is 0 Å². The van der Waals surface area contributed by atoms with Crippen molar-refractivity contribution in [1.82, 2.24) is 29.5 Å². The largest absolute Gasteiger partial charge is 0.468 e. The number of nitrogens with one attached hydrogen (secondary N) is 1. The van der Waals surface area contributed by atoms with E-state index in [1.54, 1.807) is 18.5 Å². The van der Waals surface area contributed by atoms with Crippen molar-refractivity contribution in [3.63, 3.8) is 0 Å². The number of fused-ring (bicyclic) bond motifs is 1. The van der Waals surface area contributed by atoms with Crippen LogP contribution in [0.5, 0.6) is 0 Å². The van der Waals surface area contributed by atoms with E-state index in [2.05, 4.69) is 29.8 Å². The minimum Gasteiger partial charge on any atom is -0.468 e. The summed E-state index contributed by atoms with van der Waals surface area (Å²) in [4.78, 5) is 40.0. The zero-order chi connectivity index (χ0) is 16.9. The quantitative estimate of drug-likeness (QED) is 0.384. The van der Waals surface area contributed by atoms with Crippen LogP contribution in [0.15, 0.2) is 39.6 Å². The van der Waals surface area contributed by atoms with Crippen LogP contribution in [0.1, 0.15) is 5.69 Å². The zero-order valence-electron chi connectivity index (χ0n) is 12.5. The second-order valence-corrected chi connectivity index (χ2v) is 6.34. The minimum absolute atomic E-state index is 0.0964. The van der Waals surface area contributed by atoms with E-state index in [1.807, 2.05) is 0 Å². The lowest BCUT2D eigenvalue weighted by molar-refractivity contribution is -0.137. The summed E-state index contributed by atoms with van der Waals surface area (Å²) in [5.41, 5.74) is 0.301. The smallest absolute Gasteiger partial charge is 0.316 e. The second kappa shape index (κ2) is 7.45. The van der Waals surface area contributed by atoms with E-state index in [-0.39, 0.29) is 23.1 Å². The number of methoxy groups -OCH3 is 1. The number of carbonyl (C=O) groups is 1. The zero-order valence-corrected chi connectivity index (χ0v) is 14.1. The van der Waals surface area contributed by atoms with Crippen molar-refractivity contribution in [1.29, 1.82) is 0 Å². The molecule has 0 saturated heterocycles. The molecule has 3 aromatic rings. The molecule has 0 saturated carbocycles. The molecule has 0 unspecified atom stereocenters. The summed E-state index contributed by atoms with van der Waals surface area (Å²) < 4.78 is 5.79. The highest BCUT2D eigenvalue weighted by molar-refractivity contribution is 7.99. The molecule has 0 aliphatic rings. The maximum Gasteiger partial charge on any atom is 0.316 e. The normalized spacial score (nSPS) is 10.9. The molecule has 0 bridgehead atoms. The number of nitrogens with zero attached hydrogens (tertiary/aromatic N) is 5. The fourth-order valence-corrected chi connectivity index (χ4v) is 3.10. The lowest BCUT2D eigenvalue weighted by Crippen LogP contribution is -2.15. The Labute approximate surface area is 144 Å². The summed E-state index contributed by atoms with van der Waals surface area (Å²) in [5, 5.41) is 3.82. The van der Waals surface area contributed by atoms with Crippen molar-refractivity contribution in [2.45, 2.75) is 16.1 Å². The summed E-state index contributed by atoms with van der Waals surface area (Å²) in [6.45, 7) is 0. The van der Waals surface area contributed by atoms with Gasteiger partial charge in [-0.25, -0.2) is 15.0 Å². The number of thioether (sulfide) groups is 2. The van der Waals surface area contributed by atoms with Gasteiger partial charge in [0, 0.05) is 24.2 Å². The van der Waals surface area contributed by atoms with Crippen LogP contribution in [0.25, 0.3) is 5.78 Å². The fraction of sp³-hybridized carbons (Fsp3) is 0.231. The van der Waals surface area contributed by atoms with E-state index in [1.165, 1.54) is 29.5 Å². The van der Waals surface area contributed by atoms with Gasteiger partial charge in [0.2, 0.25) is 0 Å². The number of aromatic amines is 1. The van der Waals surface area contributed by atoms with Crippen molar-refractivity contribution in [3.05, 3.63) is 40.6 Å². The first-order valence-corrected chi connectivity index (χ1v) is 8.71. The Morgan fingerprint density at radius 1 is 1.29 bits per heavy atom. The summed E-state index contributed by atoms with van der Waals surface area (Å²) >= 11 is 2.51. The lowest BCUT2D eigenvalue weighted by atomic mass is 10.4. The highest BCUT2D eigenvalue weighted by Crippen LogP contribution is 2.17. The van der Waals surface area contributed by atoms with Crippen molar-refractivity contribution >= 4 is 35.3 Å². The Morgan fingerprint density at radius 2 is 2.08 bits per heavy atom. The molecule has 0 aliphatic heterocycles. The van der Waals surface area contributed by atoms with Crippen LogP contribution in [-0.4, -0.2) is 48.4 Å². The summed E-state index contributed by atoms with van der Waals surface area (Å²) in [7, 11) is 1.31. The van der Waals surface area contributed by atoms with Crippen molar-refractivity contribution in [2.75, 3.05) is 12.9 Å². The maximum atomic E-state index is 12.1. The Bertz CT molecular complexity index is 911. The highest BCUT2D eigenvalue weighted by atomic mass is 32.2. The topological polar surface area (TPSA) is 115 Å². The Morgan fingerprint density at radius 3 is 2.83 bits per heavy atom. The van der Waals surface area contributed by atoms with E-state index in [9.17, 15) is 9.59 Å². The first-order chi connectivity index (χ1) is 11.7. The van der Waals surface area contributed by atoms with Crippen LogP contribution < -0.4 is 5.56 Å². The SMILES string of the molecule is COC(=O)CSc1nc2nc(CSc3ncccn3)cc(=O)n2[nH]1. The van der Waals surface area contributed by atoms with Gasteiger partial charge in [-0.1, -0.05) is 23.5 Å². The number of carbonyl (C=O) groups excluding carboxylic acids is 1. The molecule has 9 nitrogen and oxygen atoms in total. The third-order valence-corrected chi connectivity index (χ3v) is 4.55. The molecule has 0 spiro atoms. The summed E-state index contributed by atoms with van der Waals surface area (Å²) in [6, 6.07) is 3.16. The Balaban J connectivity index is 1.76. The van der Waals surface area contributed by atoms with Gasteiger partial charge in [0.25, 0.3) is 11.3 Å². The number of esters is 1. The van der Waals surface area contributed by atoms with Gasteiger partial charge in [-0.2, -0.15) is 9.50 Å². The predicted molar refractivity (Wildman–Crippen MR) is 87.9 cm³/mol. The van der Waals surface area contributed by atoms with Crippen LogP contribution in [0.2, 0.25) is 0 Å². The second-order valence-electron chi connectivity index (χ2n) is 4.43.